The lowest BCUT2D eigenvalue weighted by molar-refractivity contribution is 0.193. The Bertz CT molecular complexity index is 779. The summed E-state index contributed by atoms with van der Waals surface area (Å²) in [6.07, 6.45) is -0.904. The smallest absolute Gasteiger partial charge is 0.139 e. The van der Waals surface area contributed by atoms with Gasteiger partial charge in [-0.05, 0) is 30.7 Å². The Morgan fingerprint density at radius 1 is 1.20 bits per heavy atom. The number of aryl methyl sites for hydroxylation is 1. The molecule has 0 saturated heterocycles. The van der Waals surface area contributed by atoms with Crippen LogP contribution in [0, 0.1) is 6.92 Å². The monoisotopic (exact) mass is 287 g/mol. The van der Waals surface area contributed by atoms with Gasteiger partial charge in [-0.1, -0.05) is 35.9 Å². The summed E-state index contributed by atoms with van der Waals surface area (Å²) < 4.78 is 5.76. The number of hydrogen-bond donors (Lipinski definition) is 2. The fraction of sp³-hybridized carbons (Fsp3) is 0.125. The summed E-state index contributed by atoms with van der Waals surface area (Å²) >= 11 is 5.87. The Hall–Kier alpha value is -1.97. The molecule has 4 heteroatoms. The first-order valence-corrected chi connectivity index (χ1v) is 6.66. The molecule has 0 spiro atoms. The number of nitrogens with two attached hydrogens (primary N) is 1. The summed E-state index contributed by atoms with van der Waals surface area (Å²) in [5, 5.41) is 11.9. The van der Waals surface area contributed by atoms with Crippen LogP contribution in [0.15, 0.2) is 46.9 Å². The molecule has 0 radical (unpaired) electrons. The number of aliphatic hydroxyl groups excluding tert-OH is 1. The van der Waals surface area contributed by atoms with Gasteiger partial charge in [0, 0.05) is 21.7 Å². The van der Waals surface area contributed by atoms with Gasteiger partial charge in [0.1, 0.15) is 17.4 Å². The molecule has 0 bridgehead atoms. The van der Waals surface area contributed by atoms with E-state index in [1.165, 1.54) is 0 Å². The topological polar surface area (TPSA) is 59.4 Å². The van der Waals surface area contributed by atoms with E-state index in [1.54, 1.807) is 18.2 Å². The minimum Gasteiger partial charge on any atom is -0.458 e. The van der Waals surface area contributed by atoms with Crippen LogP contribution >= 0.6 is 11.6 Å². The van der Waals surface area contributed by atoms with Crippen molar-refractivity contribution in [3.05, 3.63) is 64.4 Å². The highest BCUT2D eigenvalue weighted by Gasteiger charge is 2.18. The fourth-order valence-corrected chi connectivity index (χ4v) is 2.49. The lowest BCUT2D eigenvalue weighted by Gasteiger charge is -2.11. The zero-order valence-corrected chi connectivity index (χ0v) is 11.7. The number of nitrogen functional groups attached to an aromatic ring is 1. The van der Waals surface area contributed by atoms with Crippen molar-refractivity contribution in [3.63, 3.8) is 0 Å². The van der Waals surface area contributed by atoms with Crippen molar-refractivity contribution < 1.29 is 9.52 Å². The van der Waals surface area contributed by atoms with E-state index >= 15 is 0 Å². The van der Waals surface area contributed by atoms with Crippen molar-refractivity contribution in [1.29, 1.82) is 0 Å². The molecule has 0 saturated carbocycles. The average Bonchev–Trinajstić information content (AvgIpc) is 2.83. The van der Waals surface area contributed by atoms with Gasteiger partial charge in [-0.25, -0.2) is 0 Å². The number of aliphatic hydroxyl groups is 1. The average molecular weight is 288 g/mol. The third kappa shape index (κ3) is 2.15. The molecule has 3 aromatic rings. The largest absolute Gasteiger partial charge is 0.458 e. The van der Waals surface area contributed by atoms with Crippen molar-refractivity contribution in [2.24, 2.45) is 0 Å². The number of rotatable bonds is 2. The van der Waals surface area contributed by atoms with Gasteiger partial charge < -0.3 is 15.3 Å². The summed E-state index contributed by atoms with van der Waals surface area (Å²) in [5.41, 5.74) is 8.75. The second-order valence-electron chi connectivity index (χ2n) is 4.82. The molecule has 20 heavy (non-hydrogen) atoms. The maximum atomic E-state index is 10.4. The molecule has 0 aliphatic carbocycles. The number of halogens is 1. The Morgan fingerprint density at radius 3 is 2.70 bits per heavy atom. The minimum atomic E-state index is -0.904. The second kappa shape index (κ2) is 4.85. The Labute approximate surface area is 121 Å². The van der Waals surface area contributed by atoms with E-state index in [-0.39, 0.29) is 0 Å². The molecule has 102 valence electrons. The summed E-state index contributed by atoms with van der Waals surface area (Å²) in [5.74, 6) is 0.475. The molecule has 0 aliphatic rings. The summed E-state index contributed by atoms with van der Waals surface area (Å²) in [7, 11) is 0. The van der Waals surface area contributed by atoms with Gasteiger partial charge in [0.25, 0.3) is 0 Å². The van der Waals surface area contributed by atoms with Crippen LogP contribution in [-0.2, 0) is 0 Å². The van der Waals surface area contributed by atoms with Crippen LogP contribution in [0.2, 0.25) is 5.02 Å². The number of para-hydroxylation sites is 1. The van der Waals surface area contributed by atoms with Crippen LogP contribution in [0.1, 0.15) is 23.0 Å². The van der Waals surface area contributed by atoms with Crippen molar-refractivity contribution in [3.8, 4) is 0 Å². The van der Waals surface area contributed by atoms with Gasteiger partial charge >= 0.3 is 0 Å². The molecule has 0 fully saturated rings. The molecule has 0 aliphatic heterocycles. The van der Waals surface area contributed by atoms with E-state index in [0.29, 0.717) is 22.0 Å². The molecule has 1 atom stereocenters. The van der Waals surface area contributed by atoms with E-state index < -0.39 is 6.10 Å². The van der Waals surface area contributed by atoms with Gasteiger partial charge in [0.2, 0.25) is 0 Å². The van der Waals surface area contributed by atoms with Crippen LogP contribution in [0.4, 0.5) is 5.69 Å². The maximum absolute atomic E-state index is 10.4. The number of furan rings is 1. The molecule has 2 aromatic carbocycles. The third-order valence-electron chi connectivity index (χ3n) is 3.37. The highest BCUT2D eigenvalue weighted by atomic mass is 35.5. The standard InChI is InChI=1S/C16H14ClNO2/c1-9-3-2-4-10-7-14(20-16(9)10)15(19)12-6-5-11(17)8-13(12)18/h2-8,15,19H,18H2,1H3. The fourth-order valence-electron chi connectivity index (χ4n) is 2.31. The Morgan fingerprint density at radius 2 is 2.00 bits per heavy atom. The van der Waals surface area contributed by atoms with Crippen LogP contribution in [-0.4, -0.2) is 5.11 Å². The van der Waals surface area contributed by atoms with Gasteiger partial charge in [0.05, 0.1) is 0 Å². The summed E-state index contributed by atoms with van der Waals surface area (Å²) in [6.45, 7) is 1.97. The number of anilines is 1. The normalized spacial score (nSPS) is 12.8. The molecule has 1 aromatic heterocycles. The van der Waals surface area contributed by atoms with Gasteiger partial charge in [-0.2, -0.15) is 0 Å². The zero-order valence-electron chi connectivity index (χ0n) is 10.9. The van der Waals surface area contributed by atoms with E-state index in [2.05, 4.69) is 0 Å². The van der Waals surface area contributed by atoms with Gasteiger partial charge in [-0.3, -0.25) is 0 Å². The van der Waals surface area contributed by atoms with Crippen LogP contribution < -0.4 is 5.73 Å². The lowest BCUT2D eigenvalue weighted by atomic mass is 10.0. The highest BCUT2D eigenvalue weighted by molar-refractivity contribution is 6.30. The van der Waals surface area contributed by atoms with E-state index in [4.69, 9.17) is 21.8 Å². The van der Waals surface area contributed by atoms with E-state index in [9.17, 15) is 5.11 Å². The van der Waals surface area contributed by atoms with Gasteiger partial charge in [-0.15, -0.1) is 0 Å². The first-order valence-electron chi connectivity index (χ1n) is 6.28. The number of benzene rings is 2. The molecule has 3 N–H and O–H groups in total. The van der Waals surface area contributed by atoms with Crippen LogP contribution in [0.3, 0.4) is 0 Å². The van der Waals surface area contributed by atoms with Crippen LogP contribution in [0.25, 0.3) is 11.0 Å². The predicted molar refractivity (Wildman–Crippen MR) is 80.9 cm³/mol. The first kappa shape index (κ1) is 13.0. The van der Waals surface area contributed by atoms with Crippen LogP contribution in [0.5, 0.6) is 0 Å². The molecule has 3 rings (SSSR count). The van der Waals surface area contributed by atoms with Crippen molar-refractivity contribution in [2.45, 2.75) is 13.0 Å². The Balaban J connectivity index is 2.08. The quantitative estimate of drug-likeness (QED) is 0.699. The molecular formula is C16H14ClNO2. The first-order chi connectivity index (χ1) is 9.56. The van der Waals surface area contributed by atoms with Crippen molar-refractivity contribution >= 4 is 28.3 Å². The third-order valence-corrected chi connectivity index (χ3v) is 3.61. The van der Waals surface area contributed by atoms with E-state index in [1.807, 2.05) is 31.2 Å². The molecule has 0 amide bonds. The van der Waals surface area contributed by atoms with Gasteiger partial charge in [0.15, 0.2) is 0 Å². The second-order valence-corrected chi connectivity index (χ2v) is 5.25. The van der Waals surface area contributed by atoms with Crippen molar-refractivity contribution in [1.82, 2.24) is 0 Å². The maximum Gasteiger partial charge on any atom is 0.139 e. The summed E-state index contributed by atoms with van der Waals surface area (Å²) in [6, 6.07) is 12.7. The predicted octanol–water partition coefficient (Wildman–Crippen LogP) is 4.06. The molecule has 1 heterocycles. The molecular weight excluding hydrogens is 274 g/mol. The SMILES string of the molecule is Cc1cccc2cc(C(O)c3ccc(Cl)cc3N)oc12. The highest BCUT2D eigenvalue weighted by Crippen LogP contribution is 2.32. The zero-order chi connectivity index (χ0) is 14.3. The number of hydrogen-bond acceptors (Lipinski definition) is 3. The molecule has 3 nitrogen and oxygen atoms in total. The van der Waals surface area contributed by atoms with Crippen molar-refractivity contribution in [2.75, 3.05) is 5.73 Å². The molecule has 1 unspecified atom stereocenters. The number of fused-ring (bicyclic) bond motifs is 1. The summed E-state index contributed by atoms with van der Waals surface area (Å²) in [4.78, 5) is 0. The lowest BCUT2D eigenvalue weighted by Crippen LogP contribution is -2.02. The minimum absolute atomic E-state index is 0.446. The van der Waals surface area contributed by atoms with E-state index in [0.717, 1.165) is 16.5 Å². The Kier molecular flexibility index (Phi) is 3.16.